The van der Waals surface area contributed by atoms with Crippen LogP contribution in [0.1, 0.15) is 18.1 Å². The van der Waals surface area contributed by atoms with Crippen LogP contribution >= 0.6 is 0 Å². The van der Waals surface area contributed by atoms with Gasteiger partial charge in [-0.25, -0.2) is 5.43 Å². The van der Waals surface area contributed by atoms with Crippen LogP contribution in [-0.4, -0.2) is 4.98 Å². The van der Waals surface area contributed by atoms with Crippen LogP contribution in [0.25, 0.3) is 10.8 Å². The summed E-state index contributed by atoms with van der Waals surface area (Å²) in [6.07, 6.45) is 4.76. The first-order valence-corrected chi connectivity index (χ1v) is 7.27. The molecule has 2 aromatic carbocycles. The topological polar surface area (TPSA) is 37.0 Å². The monoisotopic (exact) mass is 277 g/mol. The van der Waals surface area contributed by atoms with Crippen LogP contribution in [0.2, 0.25) is 0 Å². The predicted octanol–water partition coefficient (Wildman–Crippen LogP) is 3.91. The molecule has 0 bridgehead atoms. The van der Waals surface area contributed by atoms with E-state index in [9.17, 15) is 0 Å². The number of nitrogens with one attached hydrogen (secondary N) is 2. The minimum absolute atomic E-state index is 0.763. The van der Waals surface area contributed by atoms with Crippen LogP contribution in [0.3, 0.4) is 0 Å². The largest absolute Gasteiger partial charge is 0.321 e. The summed E-state index contributed by atoms with van der Waals surface area (Å²) >= 11 is 0. The lowest BCUT2D eigenvalue weighted by atomic mass is 10.1. The molecule has 0 radical (unpaired) electrons. The fourth-order valence-electron chi connectivity index (χ4n) is 2.53. The molecule has 0 spiro atoms. The maximum Gasteiger partial charge on any atom is 0.0519 e. The zero-order valence-corrected chi connectivity index (χ0v) is 12.1. The smallest absolute Gasteiger partial charge is 0.0519 e. The highest BCUT2D eigenvalue weighted by atomic mass is 15.3. The second kappa shape index (κ2) is 6.37. The van der Waals surface area contributed by atoms with E-state index in [-0.39, 0.29) is 0 Å². The van der Waals surface area contributed by atoms with Crippen molar-refractivity contribution in [3.05, 3.63) is 72.1 Å². The van der Waals surface area contributed by atoms with E-state index in [0.29, 0.717) is 0 Å². The molecule has 0 fully saturated rings. The molecule has 3 nitrogen and oxygen atoms in total. The molecule has 0 amide bonds. The highest BCUT2D eigenvalue weighted by Gasteiger charge is 2.01. The maximum atomic E-state index is 4.17. The van der Waals surface area contributed by atoms with Gasteiger partial charge in [0.2, 0.25) is 0 Å². The fraction of sp³-hybridized carbons (Fsp3) is 0.167. The van der Waals surface area contributed by atoms with Crippen molar-refractivity contribution in [2.45, 2.75) is 19.9 Å². The van der Waals surface area contributed by atoms with Crippen LogP contribution in [0.4, 0.5) is 5.69 Å². The van der Waals surface area contributed by atoms with Gasteiger partial charge in [-0.2, -0.15) is 0 Å². The molecule has 0 saturated heterocycles. The first-order chi connectivity index (χ1) is 10.4. The lowest BCUT2D eigenvalue weighted by molar-refractivity contribution is 0.803. The minimum atomic E-state index is 0.763. The SMILES string of the molecule is CCc1ccccc1NNCc1cccc2cnccc12. The average molecular weight is 277 g/mol. The lowest BCUT2D eigenvalue weighted by Gasteiger charge is -2.13. The molecule has 3 aromatic rings. The van der Waals surface area contributed by atoms with Gasteiger partial charge in [-0.15, -0.1) is 0 Å². The zero-order valence-electron chi connectivity index (χ0n) is 12.1. The third-order valence-corrected chi connectivity index (χ3v) is 3.67. The highest BCUT2D eigenvalue weighted by molar-refractivity contribution is 5.84. The van der Waals surface area contributed by atoms with E-state index in [1.165, 1.54) is 21.9 Å². The van der Waals surface area contributed by atoms with Gasteiger partial charge in [-0.1, -0.05) is 43.3 Å². The number of rotatable bonds is 5. The summed E-state index contributed by atoms with van der Waals surface area (Å²) in [5, 5.41) is 2.41. The number of hydrogen-bond donors (Lipinski definition) is 2. The molecule has 1 heterocycles. The summed E-state index contributed by atoms with van der Waals surface area (Å²) in [5.74, 6) is 0. The molecule has 0 aliphatic rings. The molecule has 1 aromatic heterocycles. The minimum Gasteiger partial charge on any atom is -0.321 e. The van der Waals surface area contributed by atoms with Crippen molar-refractivity contribution in [1.82, 2.24) is 10.4 Å². The molecular formula is C18H19N3. The molecule has 0 atom stereocenters. The number of hydrogen-bond acceptors (Lipinski definition) is 3. The number of aromatic nitrogens is 1. The van der Waals surface area contributed by atoms with Gasteiger partial charge in [0, 0.05) is 24.3 Å². The van der Waals surface area contributed by atoms with Gasteiger partial charge in [0.25, 0.3) is 0 Å². The number of nitrogens with zero attached hydrogens (tertiary/aromatic N) is 1. The summed E-state index contributed by atoms with van der Waals surface area (Å²) in [5.41, 5.74) is 10.3. The summed E-state index contributed by atoms with van der Waals surface area (Å²) in [4.78, 5) is 4.17. The zero-order chi connectivity index (χ0) is 14.5. The van der Waals surface area contributed by atoms with E-state index in [0.717, 1.165) is 18.7 Å². The van der Waals surface area contributed by atoms with Crippen LogP contribution in [0, 0.1) is 0 Å². The molecule has 3 heteroatoms. The first kappa shape index (κ1) is 13.6. The van der Waals surface area contributed by atoms with Crippen molar-refractivity contribution in [1.29, 1.82) is 0 Å². The van der Waals surface area contributed by atoms with E-state index in [1.54, 1.807) is 0 Å². The molecule has 0 aliphatic heterocycles. The van der Waals surface area contributed by atoms with E-state index in [1.807, 2.05) is 18.5 Å². The standard InChI is InChI=1S/C18H19N3/c1-2-14-6-3-4-9-18(14)21-20-13-16-8-5-7-15-12-19-11-10-17(15)16/h3-12,20-21H,2,13H2,1H3. The second-order valence-electron chi connectivity index (χ2n) is 5.00. The van der Waals surface area contributed by atoms with Gasteiger partial charge < -0.3 is 5.43 Å². The van der Waals surface area contributed by atoms with Gasteiger partial charge in [0.05, 0.1) is 5.69 Å². The Kier molecular flexibility index (Phi) is 4.12. The third-order valence-electron chi connectivity index (χ3n) is 3.67. The number of benzene rings is 2. The predicted molar refractivity (Wildman–Crippen MR) is 88.0 cm³/mol. The van der Waals surface area contributed by atoms with Crippen LogP contribution in [0.5, 0.6) is 0 Å². The maximum absolute atomic E-state index is 4.17. The fourth-order valence-corrected chi connectivity index (χ4v) is 2.53. The molecule has 2 N–H and O–H groups in total. The van der Waals surface area contributed by atoms with E-state index in [2.05, 4.69) is 65.2 Å². The molecule has 0 saturated carbocycles. The Morgan fingerprint density at radius 1 is 0.952 bits per heavy atom. The highest BCUT2D eigenvalue weighted by Crippen LogP contribution is 2.18. The van der Waals surface area contributed by atoms with E-state index < -0.39 is 0 Å². The van der Waals surface area contributed by atoms with Gasteiger partial charge in [0.15, 0.2) is 0 Å². The van der Waals surface area contributed by atoms with Crippen LogP contribution in [0.15, 0.2) is 60.9 Å². The Hall–Kier alpha value is -2.39. The number of aryl methyl sites for hydroxylation is 1. The summed E-state index contributed by atoms with van der Waals surface area (Å²) < 4.78 is 0. The first-order valence-electron chi connectivity index (χ1n) is 7.27. The molecular weight excluding hydrogens is 258 g/mol. The summed E-state index contributed by atoms with van der Waals surface area (Å²) in [6.45, 7) is 2.93. The average Bonchev–Trinajstić information content (AvgIpc) is 2.55. The number of para-hydroxylation sites is 1. The van der Waals surface area contributed by atoms with Crippen molar-refractivity contribution in [3.63, 3.8) is 0 Å². The Morgan fingerprint density at radius 3 is 2.71 bits per heavy atom. The van der Waals surface area contributed by atoms with Crippen molar-refractivity contribution in [3.8, 4) is 0 Å². The number of hydrazine groups is 1. The third kappa shape index (κ3) is 3.03. The van der Waals surface area contributed by atoms with Gasteiger partial charge >= 0.3 is 0 Å². The van der Waals surface area contributed by atoms with Crippen molar-refractivity contribution >= 4 is 16.5 Å². The Balaban J connectivity index is 1.72. The summed E-state index contributed by atoms with van der Waals surface area (Å²) in [6, 6.07) is 16.7. The quantitative estimate of drug-likeness (QED) is 0.694. The van der Waals surface area contributed by atoms with Crippen molar-refractivity contribution in [2.75, 3.05) is 5.43 Å². The number of pyridine rings is 1. The second-order valence-corrected chi connectivity index (χ2v) is 5.00. The van der Waals surface area contributed by atoms with Crippen LogP contribution < -0.4 is 10.9 Å². The molecule has 0 unspecified atom stereocenters. The molecule has 0 aliphatic carbocycles. The Bertz CT molecular complexity index is 732. The van der Waals surface area contributed by atoms with E-state index >= 15 is 0 Å². The Labute approximate surface area is 125 Å². The Morgan fingerprint density at radius 2 is 1.81 bits per heavy atom. The molecule has 21 heavy (non-hydrogen) atoms. The van der Waals surface area contributed by atoms with Gasteiger partial charge in [0.1, 0.15) is 0 Å². The van der Waals surface area contributed by atoms with Crippen molar-refractivity contribution in [2.24, 2.45) is 0 Å². The lowest BCUT2D eigenvalue weighted by Crippen LogP contribution is -2.21. The number of fused-ring (bicyclic) bond motifs is 1. The molecule has 3 rings (SSSR count). The normalized spacial score (nSPS) is 10.7. The van der Waals surface area contributed by atoms with Crippen molar-refractivity contribution < 1.29 is 0 Å². The van der Waals surface area contributed by atoms with Gasteiger partial charge in [-0.3, -0.25) is 4.98 Å². The van der Waals surface area contributed by atoms with E-state index in [4.69, 9.17) is 0 Å². The number of anilines is 1. The van der Waals surface area contributed by atoms with Gasteiger partial charge in [-0.05, 0) is 35.1 Å². The summed E-state index contributed by atoms with van der Waals surface area (Å²) in [7, 11) is 0. The molecule has 106 valence electrons. The van der Waals surface area contributed by atoms with Crippen LogP contribution in [-0.2, 0) is 13.0 Å².